The van der Waals surface area contributed by atoms with Gasteiger partial charge in [0, 0.05) is 48.9 Å². The molecule has 0 N–H and O–H groups in total. The minimum atomic E-state index is -0.0490. The Morgan fingerprint density at radius 3 is 1.43 bits per heavy atom. The first-order chi connectivity index (χ1) is 29.4. The molecule has 4 heterocycles. The molecule has 0 fully saturated rings. The molecule has 63 heavy (non-hydrogen) atoms. The molecule has 10 aromatic rings. The second kappa shape index (κ2) is 11.8. The van der Waals surface area contributed by atoms with Crippen molar-refractivity contribution in [2.45, 2.75) is 131 Å². The lowest BCUT2D eigenvalue weighted by atomic mass is 9.44. The van der Waals surface area contributed by atoms with Gasteiger partial charge in [0.05, 0.1) is 16.7 Å². The van der Waals surface area contributed by atoms with Gasteiger partial charge in [0.1, 0.15) is 0 Å². The highest BCUT2D eigenvalue weighted by Crippen LogP contribution is 2.51. The first-order valence-corrected chi connectivity index (χ1v) is 23.5. The Kier molecular flexibility index (Phi) is 7.30. The van der Waals surface area contributed by atoms with Crippen LogP contribution < -0.4 is 10.9 Å². The molecule has 0 radical (unpaired) electrons. The topological polar surface area (TPSA) is 9.86 Å². The maximum absolute atomic E-state index is 2.79. The Bertz CT molecular complexity index is 3660. The van der Waals surface area contributed by atoms with E-state index in [1.54, 1.807) is 0 Å². The van der Waals surface area contributed by atoms with Crippen LogP contribution in [-0.2, 0) is 27.1 Å². The lowest BCUT2D eigenvalue weighted by Crippen LogP contribution is -2.55. The van der Waals surface area contributed by atoms with Gasteiger partial charge in [-0.25, -0.2) is 0 Å². The van der Waals surface area contributed by atoms with Gasteiger partial charge in [0.25, 0.3) is 0 Å². The summed E-state index contributed by atoms with van der Waals surface area (Å²) < 4.78 is 5.51. The summed E-state index contributed by atoms with van der Waals surface area (Å²) in [4.78, 5) is 0. The van der Waals surface area contributed by atoms with Crippen LogP contribution >= 0.6 is 0 Å². The molecule has 0 bridgehead atoms. The first-order valence-electron chi connectivity index (χ1n) is 23.5. The predicted octanol–water partition coefficient (Wildman–Crippen LogP) is 15.2. The summed E-state index contributed by atoms with van der Waals surface area (Å²) in [6.07, 6.45) is 0. The Morgan fingerprint density at radius 1 is 0.381 bits per heavy atom. The summed E-state index contributed by atoms with van der Waals surface area (Å²) in [5.41, 5.74) is 19.2. The Balaban J connectivity index is 1.38. The molecule has 8 aromatic carbocycles. The zero-order valence-electron chi connectivity index (χ0n) is 40.2. The standard InChI is InChI=1S/C60H61BN2/c1-56(2,3)34-18-22-47-41(26-34)44-29-38(60(13,14)15)31-46-54(44)62(47)55-40-21-17-33-25-36(58(7,8)9)24-32-16-20-39(50(40)49(32)33)51-45-30-37(59(10,11)12)28-43-42-27-35(57(4,5)6)19-23-48(42)63(53(43)45)61(46)52(51)55/h16-31H,1-15H3. The van der Waals surface area contributed by atoms with Crippen LogP contribution in [-0.4, -0.2) is 15.9 Å². The van der Waals surface area contributed by atoms with Crippen molar-refractivity contribution in [2.24, 2.45) is 0 Å². The first kappa shape index (κ1) is 39.1. The molecule has 3 heteroatoms. The van der Waals surface area contributed by atoms with Gasteiger partial charge < -0.3 is 9.05 Å². The molecular formula is C60H61BN2. The van der Waals surface area contributed by atoms with Crippen LogP contribution in [0.3, 0.4) is 0 Å². The number of rotatable bonds is 0. The fourth-order valence-electron chi connectivity index (χ4n) is 11.7. The van der Waals surface area contributed by atoms with E-state index in [4.69, 9.17) is 0 Å². The summed E-state index contributed by atoms with van der Waals surface area (Å²) in [5, 5.41) is 13.6. The van der Waals surface area contributed by atoms with Crippen LogP contribution in [0.1, 0.15) is 132 Å². The average molecular weight is 821 g/mol. The normalized spacial score (nSPS) is 14.6. The smallest absolute Gasteiger partial charge is 0.333 e. The molecule has 314 valence electrons. The molecule has 2 nitrogen and oxygen atoms in total. The monoisotopic (exact) mass is 820 g/mol. The second-order valence-electron chi connectivity index (χ2n) is 24.7. The van der Waals surface area contributed by atoms with Crippen LogP contribution in [0.15, 0.2) is 97.1 Å². The van der Waals surface area contributed by atoms with Crippen LogP contribution in [0.25, 0.3) is 92.7 Å². The molecule has 0 saturated carbocycles. The van der Waals surface area contributed by atoms with Crippen molar-refractivity contribution in [3.05, 3.63) is 125 Å². The molecule has 0 unspecified atom stereocenters. The van der Waals surface area contributed by atoms with Crippen LogP contribution in [0.2, 0.25) is 0 Å². The largest absolute Gasteiger partial charge is 0.375 e. The van der Waals surface area contributed by atoms with Gasteiger partial charge in [-0.2, -0.15) is 0 Å². The van der Waals surface area contributed by atoms with Crippen molar-refractivity contribution in [1.82, 2.24) is 9.05 Å². The van der Waals surface area contributed by atoms with Crippen LogP contribution in [0, 0.1) is 0 Å². The highest BCUT2D eigenvalue weighted by atomic mass is 15.0. The second-order valence-corrected chi connectivity index (χ2v) is 24.7. The predicted molar refractivity (Wildman–Crippen MR) is 277 cm³/mol. The van der Waals surface area contributed by atoms with Gasteiger partial charge >= 0.3 is 6.85 Å². The van der Waals surface area contributed by atoms with Crippen molar-refractivity contribution in [1.29, 1.82) is 0 Å². The molecule has 12 rings (SSSR count). The molecule has 2 aliphatic rings. The Morgan fingerprint density at radius 2 is 0.857 bits per heavy atom. The van der Waals surface area contributed by atoms with Crippen LogP contribution in [0.4, 0.5) is 0 Å². The highest BCUT2D eigenvalue weighted by Gasteiger charge is 2.44. The zero-order valence-corrected chi connectivity index (χ0v) is 40.2. The van der Waals surface area contributed by atoms with Gasteiger partial charge in [-0.15, -0.1) is 0 Å². The van der Waals surface area contributed by atoms with E-state index in [0.29, 0.717) is 0 Å². The van der Waals surface area contributed by atoms with Crippen molar-refractivity contribution < 1.29 is 0 Å². The van der Waals surface area contributed by atoms with E-state index in [0.717, 1.165) is 0 Å². The lowest BCUT2D eigenvalue weighted by molar-refractivity contribution is 0.590. The molecule has 0 aliphatic carbocycles. The molecule has 2 aliphatic heterocycles. The van der Waals surface area contributed by atoms with Gasteiger partial charge in [0.2, 0.25) is 0 Å². The van der Waals surface area contributed by atoms with E-state index in [-0.39, 0.29) is 33.9 Å². The summed E-state index contributed by atoms with van der Waals surface area (Å²) in [6.45, 7) is 35.4. The third-order valence-electron chi connectivity index (χ3n) is 15.3. The van der Waals surface area contributed by atoms with Gasteiger partial charge in [-0.05, 0) is 135 Å². The van der Waals surface area contributed by atoms with E-state index in [1.165, 1.54) is 131 Å². The van der Waals surface area contributed by atoms with Gasteiger partial charge in [-0.3, -0.25) is 0 Å². The number of benzene rings is 8. The number of fused-ring (bicyclic) bond motifs is 12. The van der Waals surface area contributed by atoms with E-state index < -0.39 is 0 Å². The fraction of sp³-hybridized carbons (Fsp3) is 0.333. The molecule has 0 saturated heterocycles. The molecule has 0 atom stereocenters. The van der Waals surface area contributed by atoms with E-state index in [9.17, 15) is 0 Å². The molecular weight excluding hydrogens is 759 g/mol. The van der Waals surface area contributed by atoms with Gasteiger partial charge in [0.15, 0.2) is 0 Å². The maximum atomic E-state index is 2.79. The third kappa shape index (κ3) is 5.14. The van der Waals surface area contributed by atoms with E-state index in [2.05, 4.69) is 210 Å². The van der Waals surface area contributed by atoms with Gasteiger partial charge in [-0.1, -0.05) is 158 Å². The summed E-state index contributed by atoms with van der Waals surface area (Å²) in [7, 11) is 0. The zero-order chi connectivity index (χ0) is 44.4. The Hall–Kier alpha value is -5.54. The summed E-state index contributed by atoms with van der Waals surface area (Å²) in [6, 6.07) is 39.9. The fourth-order valence-corrected chi connectivity index (χ4v) is 11.7. The van der Waals surface area contributed by atoms with Crippen molar-refractivity contribution in [3.8, 4) is 16.8 Å². The molecule has 0 spiro atoms. The van der Waals surface area contributed by atoms with Crippen molar-refractivity contribution >= 4 is 93.7 Å². The quantitative estimate of drug-likeness (QED) is 0.107. The third-order valence-corrected chi connectivity index (χ3v) is 15.3. The molecule has 0 amide bonds. The van der Waals surface area contributed by atoms with E-state index in [1.807, 2.05) is 0 Å². The number of hydrogen-bond donors (Lipinski definition) is 0. The van der Waals surface area contributed by atoms with Crippen LogP contribution in [0.5, 0.6) is 0 Å². The lowest BCUT2D eigenvalue weighted by Gasteiger charge is -2.37. The van der Waals surface area contributed by atoms with Crippen molar-refractivity contribution in [3.63, 3.8) is 0 Å². The summed E-state index contributed by atoms with van der Waals surface area (Å²) >= 11 is 0. The maximum Gasteiger partial charge on any atom is 0.333 e. The van der Waals surface area contributed by atoms with Crippen molar-refractivity contribution in [2.75, 3.05) is 0 Å². The molecule has 2 aromatic heterocycles. The number of nitrogens with zero attached hydrogens (tertiary/aromatic N) is 2. The number of aromatic nitrogens is 2. The summed E-state index contributed by atoms with van der Waals surface area (Å²) in [5.74, 6) is 0. The van der Waals surface area contributed by atoms with E-state index >= 15 is 0 Å². The highest BCUT2D eigenvalue weighted by molar-refractivity contribution is 6.90. The average Bonchev–Trinajstić information content (AvgIpc) is 3.70. The minimum absolute atomic E-state index is 0.0178. The Labute approximate surface area is 373 Å². The SMILES string of the molecule is CC(C)(C)c1cc2ccc3c4c5c(c6ccc(c1)c2c36)-n1c2ccc(C(C)(C)C)cc2c2cc(C(C)(C)C)cc(c21)B5n1c2ccc(C(C)(C)C)cc2c2cc(C(C)(C)C)cc-4c21. The number of hydrogen-bond acceptors (Lipinski definition) is 0. The minimum Gasteiger partial charge on any atom is -0.375 e.